The zero-order valence-corrected chi connectivity index (χ0v) is 22.7. The number of carbonyl (C=O) groups excluding carboxylic acids is 2. The van der Waals surface area contributed by atoms with Crippen molar-refractivity contribution >= 4 is 44.6 Å². The largest absolute Gasteiger partial charge is 0.466 e. The Morgan fingerprint density at radius 2 is 1.88 bits per heavy atom. The van der Waals surface area contributed by atoms with Gasteiger partial charge < -0.3 is 15.0 Å². The molecule has 4 heterocycles. The van der Waals surface area contributed by atoms with Crippen LogP contribution in [0.15, 0.2) is 36.8 Å². The highest BCUT2D eigenvalue weighted by Crippen LogP contribution is 2.41. The lowest BCUT2D eigenvalue weighted by molar-refractivity contribution is -0.148. The number of fused-ring (bicyclic) bond motifs is 1. The molecule has 0 unspecified atom stereocenters. The molecule has 2 N–H and O–H groups in total. The average molecular weight is 568 g/mol. The number of carbonyl (C=O) groups is 2. The Kier molecular flexibility index (Phi) is 8.10. The van der Waals surface area contributed by atoms with E-state index in [1.807, 2.05) is 4.90 Å². The van der Waals surface area contributed by atoms with Crippen LogP contribution in [0.1, 0.15) is 26.7 Å². The fourth-order valence-electron chi connectivity index (χ4n) is 4.58. The fourth-order valence-corrected chi connectivity index (χ4v) is 5.55. The van der Waals surface area contributed by atoms with Gasteiger partial charge in [0, 0.05) is 54.9 Å². The van der Waals surface area contributed by atoms with Crippen LogP contribution in [0.5, 0.6) is 0 Å². The molecular weight excluding hydrogens is 540 g/mol. The number of hydrogen-bond donors (Lipinski definition) is 2. The molecule has 208 valence electrons. The van der Waals surface area contributed by atoms with Gasteiger partial charge in [-0.3, -0.25) is 15.1 Å². The molecule has 1 aliphatic heterocycles. The molecule has 0 radical (unpaired) electrons. The number of halogens is 2. The number of rotatable bonds is 7. The lowest BCUT2D eigenvalue weighted by Crippen LogP contribution is -2.37. The first-order valence-electron chi connectivity index (χ1n) is 12.9. The molecule has 0 spiro atoms. The summed E-state index contributed by atoms with van der Waals surface area (Å²) >= 11 is 1.03. The van der Waals surface area contributed by atoms with Crippen molar-refractivity contribution in [2.45, 2.75) is 26.7 Å². The highest BCUT2D eigenvalue weighted by Gasteiger charge is 2.27. The van der Waals surface area contributed by atoms with Crippen molar-refractivity contribution in [2.24, 2.45) is 5.92 Å². The van der Waals surface area contributed by atoms with Crippen molar-refractivity contribution in [3.8, 4) is 22.4 Å². The van der Waals surface area contributed by atoms with Crippen molar-refractivity contribution in [3.05, 3.63) is 48.4 Å². The molecule has 1 aliphatic rings. The number of esters is 1. The van der Waals surface area contributed by atoms with Crippen LogP contribution in [0.3, 0.4) is 0 Å². The zero-order valence-electron chi connectivity index (χ0n) is 21.9. The van der Waals surface area contributed by atoms with E-state index in [2.05, 4.69) is 30.6 Å². The van der Waals surface area contributed by atoms with Gasteiger partial charge in [0.25, 0.3) is 0 Å². The van der Waals surface area contributed by atoms with Crippen LogP contribution in [0.2, 0.25) is 0 Å². The summed E-state index contributed by atoms with van der Waals surface area (Å²) in [6.45, 7) is 5.49. The van der Waals surface area contributed by atoms with Gasteiger partial charge in [-0.1, -0.05) is 11.3 Å². The minimum atomic E-state index is -0.651. The third-order valence-electron chi connectivity index (χ3n) is 6.52. The number of ether oxygens (including phenoxy) is 1. The number of nitrogens with zero attached hydrogens (tertiary/aromatic N) is 5. The maximum Gasteiger partial charge on any atom is 0.321 e. The Morgan fingerprint density at radius 1 is 1.12 bits per heavy atom. The van der Waals surface area contributed by atoms with Crippen LogP contribution < -0.4 is 15.5 Å². The fraction of sp³-hybridized carbons (Fsp3) is 0.333. The molecule has 0 saturated carbocycles. The summed E-state index contributed by atoms with van der Waals surface area (Å²) in [5.41, 5.74) is 0.822. The van der Waals surface area contributed by atoms with Gasteiger partial charge in [0.05, 0.1) is 17.2 Å². The molecule has 0 atom stereocenters. The molecular formula is C27H27F2N7O3S. The minimum absolute atomic E-state index is 0.0283. The first-order chi connectivity index (χ1) is 19.4. The van der Waals surface area contributed by atoms with Crippen LogP contribution in [0.4, 0.5) is 24.7 Å². The van der Waals surface area contributed by atoms with Crippen molar-refractivity contribution in [1.29, 1.82) is 0 Å². The van der Waals surface area contributed by atoms with Gasteiger partial charge in [-0.25, -0.2) is 28.5 Å². The second-order valence-electron chi connectivity index (χ2n) is 9.09. The number of nitrogens with one attached hydrogen (secondary N) is 2. The monoisotopic (exact) mass is 567 g/mol. The maximum atomic E-state index is 15.9. The topological polar surface area (TPSA) is 122 Å². The molecule has 1 aromatic carbocycles. The molecule has 3 aromatic heterocycles. The number of benzene rings is 1. The minimum Gasteiger partial charge on any atom is -0.466 e. The third kappa shape index (κ3) is 5.55. The Hall–Kier alpha value is -4.26. The summed E-state index contributed by atoms with van der Waals surface area (Å²) in [5, 5.41) is 5.35. The molecule has 2 amide bonds. The summed E-state index contributed by atoms with van der Waals surface area (Å²) in [7, 11) is 0. The second-order valence-corrected chi connectivity index (χ2v) is 10.1. The van der Waals surface area contributed by atoms with Crippen molar-refractivity contribution in [3.63, 3.8) is 0 Å². The predicted molar refractivity (Wildman–Crippen MR) is 148 cm³/mol. The third-order valence-corrected chi connectivity index (χ3v) is 7.53. The van der Waals surface area contributed by atoms with Gasteiger partial charge in [0.1, 0.15) is 17.0 Å². The van der Waals surface area contributed by atoms with Gasteiger partial charge in [0.2, 0.25) is 5.95 Å². The van der Waals surface area contributed by atoms with E-state index in [0.717, 1.165) is 11.3 Å². The van der Waals surface area contributed by atoms with Crippen LogP contribution in [-0.4, -0.2) is 58.2 Å². The van der Waals surface area contributed by atoms with E-state index >= 15 is 4.39 Å². The number of thiazole rings is 1. The van der Waals surface area contributed by atoms with E-state index in [1.54, 1.807) is 13.8 Å². The van der Waals surface area contributed by atoms with E-state index in [-0.39, 0.29) is 33.8 Å². The quantitative estimate of drug-likeness (QED) is 0.299. The normalized spacial score (nSPS) is 13.8. The van der Waals surface area contributed by atoms with E-state index in [9.17, 15) is 14.0 Å². The number of amides is 2. The second kappa shape index (κ2) is 11.9. The molecule has 13 heteroatoms. The van der Waals surface area contributed by atoms with E-state index < -0.39 is 17.7 Å². The van der Waals surface area contributed by atoms with E-state index in [1.165, 1.54) is 36.8 Å². The maximum absolute atomic E-state index is 15.9. The predicted octanol–water partition coefficient (Wildman–Crippen LogP) is 5.01. The molecule has 4 aromatic rings. The Balaban J connectivity index is 1.48. The average Bonchev–Trinajstić information content (AvgIpc) is 3.38. The molecule has 5 rings (SSSR count). The molecule has 40 heavy (non-hydrogen) atoms. The van der Waals surface area contributed by atoms with Gasteiger partial charge in [-0.05, 0) is 44.9 Å². The molecule has 0 aliphatic carbocycles. The number of urea groups is 1. The van der Waals surface area contributed by atoms with Crippen LogP contribution >= 0.6 is 11.3 Å². The molecule has 1 saturated heterocycles. The summed E-state index contributed by atoms with van der Waals surface area (Å²) in [6, 6.07) is 3.76. The first-order valence-corrected chi connectivity index (χ1v) is 13.7. The summed E-state index contributed by atoms with van der Waals surface area (Å²) < 4.78 is 36.2. The van der Waals surface area contributed by atoms with Gasteiger partial charge in [0.15, 0.2) is 10.9 Å². The van der Waals surface area contributed by atoms with Crippen LogP contribution in [0, 0.1) is 17.6 Å². The SMILES string of the molecule is CCNC(=O)Nc1nc2c(F)c(-c3cnc(N4CCC(C(=O)OCC)CC4)nc3)cc(-c3ncccc3F)c2s1. The number of piperidine rings is 1. The van der Waals surface area contributed by atoms with Gasteiger partial charge >= 0.3 is 12.0 Å². The standard InChI is InChI=1S/C27H27F2N7O3S/c1-3-30-26(38)35-27-34-22-20(29)17(12-18(23(22)40-27)21-19(28)6-5-9-31-21)16-13-32-25(33-14-16)36-10-7-15(8-11-36)24(37)39-4-2/h5-6,9,12-15H,3-4,7-8,10-11H2,1-2H3,(H2,30,34,35,38). The first kappa shape index (κ1) is 27.3. The summed E-state index contributed by atoms with van der Waals surface area (Å²) in [5.74, 6) is -1.10. The van der Waals surface area contributed by atoms with Crippen LogP contribution in [-0.2, 0) is 9.53 Å². The van der Waals surface area contributed by atoms with Crippen molar-refractivity contribution in [2.75, 3.05) is 36.5 Å². The highest BCUT2D eigenvalue weighted by atomic mass is 32.1. The molecule has 10 nitrogen and oxygen atoms in total. The molecule has 0 bridgehead atoms. The Morgan fingerprint density at radius 3 is 2.55 bits per heavy atom. The van der Waals surface area contributed by atoms with Crippen LogP contribution in [0.25, 0.3) is 32.6 Å². The van der Waals surface area contributed by atoms with Gasteiger partial charge in [-0.15, -0.1) is 0 Å². The zero-order chi connectivity index (χ0) is 28.2. The summed E-state index contributed by atoms with van der Waals surface area (Å²) in [6.07, 6.45) is 5.71. The number of pyridine rings is 1. The van der Waals surface area contributed by atoms with E-state index in [4.69, 9.17) is 4.74 Å². The number of anilines is 2. The number of aromatic nitrogens is 4. The van der Waals surface area contributed by atoms with E-state index in [0.29, 0.717) is 60.9 Å². The number of hydrogen-bond acceptors (Lipinski definition) is 9. The smallest absolute Gasteiger partial charge is 0.321 e. The molecule has 1 fully saturated rings. The highest BCUT2D eigenvalue weighted by molar-refractivity contribution is 7.22. The Labute approximate surface area is 232 Å². The lowest BCUT2D eigenvalue weighted by Gasteiger charge is -2.30. The lowest BCUT2D eigenvalue weighted by atomic mass is 9.97. The Bertz CT molecular complexity index is 1540. The van der Waals surface area contributed by atoms with Gasteiger partial charge in [-0.2, -0.15) is 0 Å². The summed E-state index contributed by atoms with van der Waals surface area (Å²) in [4.78, 5) is 43.4. The van der Waals surface area contributed by atoms with Crippen molar-refractivity contribution in [1.82, 2.24) is 25.3 Å². The van der Waals surface area contributed by atoms with Crippen molar-refractivity contribution < 1.29 is 23.1 Å².